The topological polar surface area (TPSA) is 90.7 Å². The lowest BCUT2D eigenvalue weighted by molar-refractivity contribution is -0.116. The van der Waals surface area contributed by atoms with E-state index < -0.39 is 0 Å². The van der Waals surface area contributed by atoms with E-state index in [0.29, 0.717) is 41.9 Å². The highest BCUT2D eigenvalue weighted by molar-refractivity contribution is 6.00. The molecule has 1 amide bonds. The summed E-state index contributed by atoms with van der Waals surface area (Å²) in [4.78, 5) is 29.2. The number of Topliss-reactive ketones (excluding diaryl/α,β-unsaturated/α-hetero) is 1. The number of ketones is 1. The Labute approximate surface area is 167 Å². The number of aromatic nitrogens is 1. The molecule has 1 aromatic heterocycles. The zero-order valence-corrected chi connectivity index (χ0v) is 15.8. The molecule has 1 aliphatic heterocycles. The summed E-state index contributed by atoms with van der Waals surface area (Å²) in [6.45, 7) is 0.966. The van der Waals surface area contributed by atoms with Gasteiger partial charge in [0.15, 0.2) is 28.8 Å². The minimum Gasteiger partial charge on any atom is -0.486 e. The van der Waals surface area contributed by atoms with Gasteiger partial charge in [-0.1, -0.05) is 0 Å². The summed E-state index contributed by atoms with van der Waals surface area (Å²) in [7, 11) is 0. The van der Waals surface area contributed by atoms with Gasteiger partial charge in [0, 0.05) is 30.0 Å². The number of hydrogen-bond donors (Lipinski definition) is 1. The molecule has 1 saturated carbocycles. The molecular weight excluding hydrogens is 372 g/mol. The Hall–Kier alpha value is -3.35. The highest BCUT2D eigenvalue weighted by Gasteiger charge is 2.28. The molecule has 148 valence electrons. The second-order valence-electron chi connectivity index (χ2n) is 7.34. The monoisotopic (exact) mass is 392 g/mol. The van der Waals surface area contributed by atoms with Gasteiger partial charge in [-0.2, -0.15) is 0 Å². The molecule has 2 heterocycles. The number of amides is 1. The fraction of sp³-hybridized carbons (Fsp3) is 0.318. The molecule has 7 nitrogen and oxygen atoms in total. The van der Waals surface area contributed by atoms with Crippen molar-refractivity contribution in [3.63, 3.8) is 0 Å². The summed E-state index contributed by atoms with van der Waals surface area (Å²) >= 11 is 0. The molecule has 0 saturated heterocycles. The van der Waals surface area contributed by atoms with Gasteiger partial charge in [-0.05, 0) is 49.2 Å². The zero-order valence-electron chi connectivity index (χ0n) is 15.8. The molecule has 0 radical (unpaired) electrons. The normalized spacial score (nSPS) is 15.3. The van der Waals surface area contributed by atoms with Gasteiger partial charge in [0.25, 0.3) is 0 Å². The van der Waals surface area contributed by atoms with E-state index in [2.05, 4.69) is 10.3 Å². The molecule has 0 atom stereocenters. The van der Waals surface area contributed by atoms with Gasteiger partial charge in [0.05, 0.1) is 0 Å². The van der Waals surface area contributed by atoms with Gasteiger partial charge < -0.3 is 19.2 Å². The molecule has 1 N–H and O–H groups in total. The minimum atomic E-state index is -0.221. The standard InChI is InChI=1S/C22H20N2O5/c25-17(14-3-6-19-20(11-14)28-10-9-27-19)5-8-21(26)23-15-4-7-18-16(12-15)24-22(29-18)13-1-2-13/h3-4,6-7,11-13H,1-2,5,8-10H2,(H,23,26). The number of hydrogen-bond acceptors (Lipinski definition) is 6. The number of nitrogens with zero attached hydrogens (tertiary/aromatic N) is 1. The summed E-state index contributed by atoms with van der Waals surface area (Å²) in [6, 6.07) is 10.5. The van der Waals surface area contributed by atoms with Crippen LogP contribution < -0.4 is 14.8 Å². The molecule has 0 bridgehead atoms. The van der Waals surface area contributed by atoms with Gasteiger partial charge in [0.1, 0.15) is 18.7 Å². The van der Waals surface area contributed by atoms with E-state index in [1.807, 2.05) is 6.07 Å². The predicted octanol–water partition coefficient (Wildman–Crippen LogP) is 4.08. The molecule has 0 spiro atoms. The van der Waals surface area contributed by atoms with Crippen molar-refractivity contribution in [2.45, 2.75) is 31.6 Å². The second kappa shape index (κ2) is 7.24. The van der Waals surface area contributed by atoms with E-state index >= 15 is 0 Å². The molecule has 1 fully saturated rings. The van der Waals surface area contributed by atoms with E-state index in [0.717, 1.165) is 29.8 Å². The molecule has 3 aromatic rings. The van der Waals surface area contributed by atoms with Crippen LogP contribution in [-0.4, -0.2) is 29.9 Å². The second-order valence-corrected chi connectivity index (χ2v) is 7.34. The van der Waals surface area contributed by atoms with Crippen LogP contribution in [0.15, 0.2) is 40.8 Å². The van der Waals surface area contributed by atoms with Crippen molar-refractivity contribution in [3.8, 4) is 11.5 Å². The molecule has 2 aliphatic rings. The minimum absolute atomic E-state index is 0.0947. The Balaban J connectivity index is 1.19. The fourth-order valence-electron chi connectivity index (χ4n) is 3.34. The summed E-state index contributed by atoms with van der Waals surface area (Å²) in [5.74, 6) is 2.08. The third kappa shape index (κ3) is 3.81. The van der Waals surface area contributed by atoms with E-state index in [9.17, 15) is 9.59 Å². The molecule has 1 aliphatic carbocycles. The van der Waals surface area contributed by atoms with Crippen molar-refractivity contribution in [1.82, 2.24) is 4.98 Å². The van der Waals surface area contributed by atoms with Crippen molar-refractivity contribution < 1.29 is 23.5 Å². The molecule has 0 unspecified atom stereocenters. The maximum absolute atomic E-state index is 12.4. The zero-order chi connectivity index (χ0) is 19.8. The van der Waals surface area contributed by atoms with E-state index in [1.54, 1.807) is 30.3 Å². The number of benzene rings is 2. The predicted molar refractivity (Wildman–Crippen MR) is 106 cm³/mol. The Bertz CT molecular complexity index is 1100. The average Bonchev–Trinajstić information content (AvgIpc) is 3.51. The molecule has 29 heavy (non-hydrogen) atoms. The number of nitrogens with one attached hydrogen (secondary N) is 1. The maximum Gasteiger partial charge on any atom is 0.224 e. The molecular formula is C22H20N2O5. The Morgan fingerprint density at radius 2 is 1.83 bits per heavy atom. The number of ether oxygens (including phenoxy) is 2. The SMILES string of the molecule is O=C(CCC(=O)c1ccc2c(c1)OCCO2)Nc1ccc2oc(C3CC3)nc2c1. The number of rotatable bonds is 6. The Morgan fingerprint density at radius 1 is 1.00 bits per heavy atom. The summed E-state index contributed by atoms with van der Waals surface area (Å²) in [6.07, 6.45) is 2.45. The van der Waals surface area contributed by atoms with Gasteiger partial charge >= 0.3 is 0 Å². The first-order chi connectivity index (χ1) is 14.2. The third-order valence-corrected chi connectivity index (χ3v) is 5.06. The van der Waals surface area contributed by atoms with Crippen LogP contribution in [0.5, 0.6) is 11.5 Å². The number of oxazole rings is 1. The summed E-state index contributed by atoms with van der Waals surface area (Å²) in [5.41, 5.74) is 2.61. The van der Waals surface area contributed by atoms with Crippen molar-refractivity contribution in [3.05, 3.63) is 47.9 Å². The van der Waals surface area contributed by atoms with Crippen LogP contribution >= 0.6 is 0 Å². The van der Waals surface area contributed by atoms with Crippen LogP contribution in [0, 0.1) is 0 Å². The van der Waals surface area contributed by atoms with Crippen LogP contribution in [0.2, 0.25) is 0 Å². The Kier molecular flexibility index (Phi) is 4.42. The van der Waals surface area contributed by atoms with E-state index in [4.69, 9.17) is 13.9 Å². The van der Waals surface area contributed by atoms with Gasteiger partial charge in [0.2, 0.25) is 5.91 Å². The van der Waals surface area contributed by atoms with Gasteiger partial charge in [-0.15, -0.1) is 0 Å². The van der Waals surface area contributed by atoms with Crippen molar-refractivity contribution in [2.24, 2.45) is 0 Å². The third-order valence-electron chi connectivity index (χ3n) is 5.06. The smallest absolute Gasteiger partial charge is 0.224 e. The van der Waals surface area contributed by atoms with Crippen LogP contribution in [0.25, 0.3) is 11.1 Å². The van der Waals surface area contributed by atoms with Crippen LogP contribution in [-0.2, 0) is 4.79 Å². The summed E-state index contributed by atoms with van der Waals surface area (Å²) < 4.78 is 16.7. The first-order valence-corrected chi connectivity index (χ1v) is 9.79. The average molecular weight is 392 g/mol. The highest BCUT2D eigenvalue weighted by atomic mass is 16.6. The van der Waals surface area contributed by atoms with Crippen molar-refractivity contribution >= 4 is 28.5 Å². The Morgan fingerprint density at radius 3 is 2.66 bits per heavy atom. The summed E-state index contributed by atoms with van der Waals surface area (Å²) in [5, 5.41) is 2.83. The van der Waals surface area contributed by atoms with Crippen LogP contribution in [0.4, 0.5) is 5.69 Å². The van der Waals surface area contributed by atoms with Crippen molar-refractivity contribution in [1.29, 1.82) is 0 Å². The van der Waals surface area contributed by atoms with Gasteiger partial charge in [-0.3, -0.25) is 9.59 Å². The van der Waals surface area contributed by atoms with Crippen LogP contribution in [0.1, 0.15) is 47.8 Å². The molecule has 2 aromatic carbocycles. The lowest BCUT2D eigenvalue weighted by atomic mass is 10.1. The number of carbonyl (C=O) groups is 2. The fourth-order valence-corrected chi connectivity index (χ4v) is 3.34. The lowest BCUT2D eigenvalue weighted by Gasteiger charge is -2.18. The largest absolute Gasteiger partial charge is 0.486 e. The lowest BCUT2D eigenvalue weighted by Crippen LogP contribution is -2.16. The van der Waals surface area contributed by atoms with Crippen LogP contribution in [0.3, 0.4) is 0 Å². The number of carbonyl (C=O) groups excluding carboxylic acids is 2. The molecule has 7 heteroatoms. The highest BCUT2D eigenvalue weighted by Crippen LogP contribution is 2.40. The first kappa shape index (κ1) is 17.7. The number of fused-ring (bicyclic) bond motifs is 2. The molecule has 5 rings (SSSR count). The van der Waals surface area contributed by atoms with E-state index in [1.165, 1.54) is 0 Å². The first-order valence-electron chi connectivity index (χ1n) is 9.79. The maximum atomic E-state index is 12.4. The van der Waals surface area contributed by atoms with E-state index in [-0.39, 0.29) is 24.5 Å². The van der Waals surface area contributed by atoms with Crippen molar-refractivity contribution in [2.75, 3.05) is 18.5 Å². The number of anilines is 1. The quantitative estimate of drug-likeness (QED) is 0.636. The van der Waals surface area contributed by atoms with Gasteiger partial charge in [-0.25, -0.2) is 4.98 Å².